The summed E-state index contributed by atoms with van der Waals surface area (Å²) in [5.41, 5.74) is 1.68. The number of rotatable bonds is 13. The molecule has 5 aromatic rings. The molecule has 7 rings (SSSR count). The first-order chi connectivity index (χ1) is 29.4. The number of Topliss-reactive ketones (excluding diaryl/α,β-unsaturated/α-hetero) is 2. The number of ketones is 2. The minimum absolute atomic E-state index is 0.0364. The van der Waals surface area contributed by atoms with E-state index in [0.717, 1.165) is 15.0 Å². The molecule has 2 aliphatic rings. The van der Waals surface area contributed by atoms with Gasteiger partial charge in [-0.25, -0.2) is 4.79 Å². The molecule has 1 aliphatic heterocycles. The van der Waals surface area contributed by atoms with Gasteiger partial charge in [-0.1, -0.05) is 43.3 Å². The van der Waals surface area contributed by atoms with Gasteiger partial charge in [0.05, 0.1) is 31.5 Å². The summed E-state index contributed by atoms with van der Waals surface area (Å²) in [6, 6.07) is 14.7. The number of amides is 4. The predicted octanol–water partition coefficient (Wildman–Crippen LogP) is 5.35. The summed E-state index contributed by atoms with van der Waals surface area (Å²) in [6.45, 7) is 8.41. The molecule has 314 valence electrons. The van der Waals surface area contributed by atoms with Crippen LogP contribution in [-0.2, 0) is 35.3 Å². The number of hydrogen-bond donors (Lipinski definition) is 2. The lowest BCUT2D eigenvalue weighted by molar-refractivity contribution is -0.141. The van der Waals surface area contributed by atoms with Crippen molar-refractivity contribution in [3.8, 4) is 11.3 Å². The zero-order chi connectivity index (χ0) is 44.8. The largest absolute Gasteiger partial charge is 0.469 e. The van der Waals surface area contributed by atoms with Gasteiger partial charge in [-0.15, -0.1) is 5.10 Å². The Hall–Kier alpha value is -6.48. The molecule has 2 aromatic heterocycles. The second-order valence-electron chi connectivity index (χ2n) is 15.6. The van der Waals surface area contributed by atoms with Crippen molar-refractivity contribution in [1.82, 2.24) is 19.9 Å². The number of methoxy groups -OCH3 is 1. The Morgan fingerprint density at radius 1 is 0.871 bits per heavy atom. The molecule has 0 spiro atoms. The highest BCUT2D eigenvalue weighted by Crippen LogP contribution is 2.40. The van der Waals surface area contributed by atoms with E-state index in [1.807, 2.05) is 0 Å². The van der Waals surface area contributed by atoms with E-state index in [1.54, 1.807) is 89.3 Å². The summed E-state index contributed by atoms with van der Waals surface area (Å²) in [5.74, 6) is -3.07. The Labute approximate surface area is 365 Å². The zero-order valence-electron chi connectivity index (χ0n) is 34.5. The van der Waals surface area contributed by atoms with E-state index >= 15 is 0 Å². The van der Waals surface area contributed by atoms with Crippen molar-refractivity contribution in [1.29, 1.82) is 0 Å². The molecule has 2 radical (unpaired) electrons. The maximum absolute atomic E-state index is 13.9. The molecule has 1 aliphatic carbocycles. The van der Waals surface area contributed by atoms with Crippen molar-refractivity contribution in [2.45, 2.75) is 59.3 Å². The number of nitrogens with zero attached hydrogens (tertiary/aromatic N) is 4. The van der Waals surface area contributed by atoms with Crippen molar-refractivity contribution >= 4 is 99.6 Å². The van der Waals surface area contributed by atoms with Crippen molar-refractivity contribution < 1.29 is 42.7 Å². The van der Waals surface area contributed by atoms with Gasteiger partial charge in [0, 0.05) is 79.2 Å². The predicted molar refractivity (Wildman–Crippen MR) is 231 cm³/mol. The van der Waals surface area contributed by atoms with Gasteiger partial charge in [0.2, 0.25) is 27.0 Å². The second-order valence-corrected chi connectivity index (χ2v) is 17.3. The molecule has 3 aromatic carbocycles. The minimum atomic E-state index is -0.973. The molecule has 3 heterocycles. The van der Waals surface area contributed by atoms with Crippen LogP contribution in [0.5, 0.6) is 0 Å². The lowest BCUT2D eigenvalue weighted by atomic mass is 9.71. The highest BCUT2D eigenvalue weighted by molar-refractivity contribution is 8.20. The molecule has 4 amide bonds. The molecule has 0 bridgehead atoms. The van der Waals surface area contributed by atoms with Crippen LogP contribution in [0.1, 0.15) is 68.2 Å². The van der Waals surface area contributed by atoms with Crippen LogP contribution in [0.15, 0.2) is 92.3 Å². The number of fused-ring (bicyclic) bond motifs is 1. The fourth-order valence-electron chi connectivity index (χ4n) is 7.80. The molecule has 0 saturated carbocycles. The number of ether oxygens (including phenoxy) is 1. The quantitative estimate of drug-likeness (QED) is 0.0503. The van der Waals surface area contributed by atoms with Crippen molar-refractivity contribution in [3.05, 3.63) is 105 Å². The van der Waals surface area contributed by atoms with E-state index < -0.39 is 45.9 Å². The number of aromatic nitrogens is 3. The topological polar surface area (TPSA) is 217 Å². The SMILES string of the molecule is COC(=O)CC([S][Al])C(=O)Nc1cc2ccc(-c3cn(CCN4C(=O)c5cccc6c(NC(=O)CC(C)(C)C7=C(C)C(=O)C(C)=C(C)C7=O)ccc(c56)C4=O)nn3)cc2oc1=O. The fourth-order valence-corrected chi connectivity index (χ4v) is 8.88. The Bertz CT molecular complexity index is 2910. The van der Waals surface area contributed by atoms with Crippen LogP contribution in [0.4, 0.5) is 11.4 Å². The third-order valence-corrected chi connectivity index (χ3v) is 12.8. The van der Waals surface area contributed by atoms with E-state index in [0.29, 0.717) is 55.4 Å². The molecule has 16 nitrogen and oxygen atoms in total. The first-order valence-corrected chi connectivity index (χ1v) is 21.7. The van der Waals surface area contributed by atoms with Crippen LogP contribution >= 0.6 is 10.1 Å². The maximum Gasteiger partial charge on any atom is 0.360 e. The summed E-state index contributed by atoms with van der Waals surface area (Å²) >= 11 is 2.32. The summed E-state index contributed by atoms with van der Waals surface area (Å²) < 4.78 is 11.6. The van der Waals surface area contributed by atoms with Gasteiger partial charge >= 0.3 is 11.6 Å². The lowest BCUT2D eigenvalue weighted by Gasteiger charge is -2.31. The molecule has 2 N–H and O–H groups in total. The monoisotopic (exact) mass is 870 g/mol. The highest BCUT2D eigenvalue weighted by Gasteiger charge is 2.39. The van der Waals surface area contributed by atoms with Gasteiger partial charge < -0.3 is 19.8 Å². The number of nitrogens with one attached hydrogen (secondary N) is 2. The highest BCUT2D eigenvalue weighted by atomic mass is 32.3. The first kappa shape index (κ1) is 43.6. The number of carbonyl (C=O) groups excluding carboxylic acids is 7. The average Bonchev–Trinajstić information content (AvgIpc) is 3.72. The smallest absolute Gasteiger partial charge is 0.360 e. The van der Waals surface area contributed by atoms with Gasteiger partial charge in [-0.2, -0.15) is 0 Å². The standard InChI is InChI=1S/C44H40N6O10S.Al/c1-21-22(2)39(54)37(23(3)38(21)53)44(4,5)19-34(51)45-29-13-12-28-36-26(29)8-7-9-27(36)41(56)50(42(28)57)15-14-49-20-31(47-48-49)24-10-11-25-16-30(43(58)60-32(25)17-24)46-40(55)33(61)18-35(52)59-6;/h7-13,16-17,20,33,61H,14-15,18-19H2,1-6H3,(H,45,51)(H,46,55);/q;+1/p-1. The maximum atomic E-state index is 13.9. The third kappa shape index (κ3) is 8.16. The van der Waals surface area contributed by atoms with Crippen molar-refractivity contribution in [2.75, 3.05) is 24.3 Å². The van der Waals surface area contributed by atoms with E-state index in [2.05, 4.69) is 40.8 Å². The molecule has 62 heavy (non-hydrogen) atoms. The minimum Gasteiger partial charge on any atom is -0.469 e. The fraction of sp³-hybridized carbons (Fsp3) is 0.273. The van der Waals surface area contributed by atoms with Gasteiger partial charge in [-0.3, -0.25) is 53.3 Å². The number of allylic oxidation sites excluding steroid dienone is 4. The van der Waals surface area contributed by atoms with E-state index in [4.69, 9.17) is 4.42 Å². The molecule has 0 fully saturated rings. The third-order valence-electron chi connectivity index (χ3n) is 11.1. The summed E-state index contributed by atoms with van der Waals surface area (Å²) in [6.07, 6.45) is 1.33. The van der Waals surface area contributed by atoms with E-state index in [1.165, 1.54) is 17.9 Å². The Morgan fingerprint density at radius 2 is 1.58 bits per heavy atom. The van der Waals surface area contributed by atoms with Crippen LogP contribution in [0.25, 0.3) is 33.0 Å². The van der Waals surface area contributed by atoms with Crippen LogP contribution in [0, 0.1) is 5.41 Å². The van der Waals surface area contributed by atoms with Gasteiger partial charge in [0.15, 0.2) is 11.6 Å². The van der Waals surface area contributed by atoms with Crippen molar-refractivity contribution in [2.24, 2.45) is 5.41 Å². The van der Waals surface area contributed by atoms with E-state index in [9.17, 15) is 38.4 Å². The molecule has 1 unspecified atom stereocenters. The molecular weight excluding hydrogens is 832 g/mol. The number of carbonyl (C=O) groups is 7. The Morgan fingerprint density at radius 3 is 2.29 bits per heavy atom. The average molecular weight is 871 g/mol. The summed E-state index contributed by atoms with van der Waals surface area (Å²) in [5, 5.41) is 14.4. The number of esters is 1. The van der Waals surface area contributed by atoms with Gasteiger partial charge in [0.25, 0.3) is 11.8 Å². The first-order valence-electron chi connectivity index (χ1n) is 19.4. The molecule has 18 heteroatoms. The zero-order valence-corrected chi connectivity index (χ0v) is 36.5. The lowest BCUT2D eigenvalue weighted by Crippen LogP contribution is -2.42. The second kappa shape index (κ2) is 17.1. The number of hydrogen-bond acceptors (Lipinski definition) is 13. The Balaban J connectivity index is 1.03. The molecule has 1 atom stereocenters. The number of imide groups is 1. The van der Waals surface area contributed by atoms with Crippen molar-refractivity contribution in [3.63, 3.8) is 0 Å². The van der Waals surface area contributed by atoms with E-state index in [-0.39, 0.29) is 59.9 Å². The summed E-state index contributed by atoms with van der Waals surface area (Å²) in [4.78, 5) is 106. The van der Waals surface area contributed by atoms with Crippen LogP contribution < -0.4 is 16.3 Å². The summed E-state index contributed by atoms with van der Waals surface area (Å²) in [7, 11) is 2.28. The van der Waals surface area contributed by atoms with Crippen LogP contribution in [0.3, 0.4) is 0 Å². The van der Waals surface area contributed by atoms with Crippen LogP contribution in [-0.4, -0.2) is 95.1 Å². The van der Waals surface area contributed by atoms with Gasteiger partial charge in [0.1, 0.15) is 17.0 Å². The normalized spacial score (nSPS) is 14.8. The Kier molecular flexibility index (Phi) is 12.0. The number of anilines is 2. The van der Waals surface area contributed by atoms with Crippen LogP contribution in [0.2, 0.25) is 0 Å². The molecular formula is C44H39AlN6O10S. The van der Waals surface area contributed by atoms with Gasteiger partial charge in [-0.05, 0) is 51.1 Å². The number of benzene rings is 3. The molecule has 0 saturated heterocycles.